The van der Waals surface area contributed by atoms with Crippen LogP contribution in [0.25, 0.3) is 0 Å². The second-order valence-electron chi connectivity index (χ2n) is 8.00. The Morgan fingerprint density at radius 1 is 0.971 bits per heavy atom. The summed E-state index contributed by atoms with van der Waals surface area (Å²) in [6.45, 7) is 3.29. The molecule has 0 aromatic heterocycles. The number of carbonyl (C=O) groups is 3. The monoisotopic (exact) mass is 483 g/mol. The van der Waals surface area contributed by atoms with Crippen molar-refractivity contribution in [3.05, 3.63) is 24.3 Å². The molecule has 1 atom stereocenters. The molecule has 0 bridgehead atoms. The van der Waals surface area contributed by atoms with Crippen molar-refractivity contribution in [3.8, 4) is 0 Å². The molecular formula is C25H41NO8. The molecule has 0 spiro atoms. The van der Waals surface area contributed by atoms with E-state index < -0.39 is 11.9 Å². The van der Waals surface area contributed by atoms with E-state index in [2.05, 4.69) is 24.1 Å². The third-order valence-electron chi connectivity index (χ3n) is 4.84. The molecule has 1 aliphatic rings. The number of unbranched alkanes of at least 4 members (excludes halogenated alkanes) is 8. The molecule has 0 fully saturated rings. The SMILES string of the molecule is CCCCCCC(O)C/C=C\CCCCCCCC(=O)OC1=NCCO1.O=C(O)/C=C\C(=O)O. The fraction of sp³-hybridized carbons (Fsp3) is 0.680. The van der Waals surface area contributed by atoms with E-state index in [4.69, 9.17) is 19.7 Å². The van der Waals surface area contributed by atoms with Crippen molar-refractivity contribution in [1.82, 2.24) is 0 Å². The first kappa shape index (κ1) is 31.3. The number of nitrogens with zero attached hydrogens (tertiary/aromatic N) is 1. The van der Waals surface area contributed by atoms with Gasteiger partial charge in [0.05, 0.1) is 12.6 Å². The molecule has 0 aromatic carbocycles. The Bertz CT molecular complexity index is 641. The Morgan fingerprint density at radius 2 is 1.62 bits per heavy atom. The third kappa shape index (κ3) is 22.5. The summed E-state index contributed by atoms with van der Waals surface area (Å²) >= 11 is 0. The zero-order chi connectivity index (χ0) is 25.4. The number of aliphatic carboxylic acids is 2. The van der Waals surface area contributed by atoms with E-state index in [1.807, 2.05) is 0 Å². The van der Waals surface area contributed by atoms with Crippen molar-refractivity contribution in [2.45, 2.75) is 96.5 Å². The number of hydrogen-bond acceptors (Lipinski definition) is 7. The molecule has 1 aliphatic heterocycles. The number of aliphatic hydroxyl groups is 1. The predicted molar refractivity (Wildman–Crippen MR) is 130 cm³/mol. The molecular weight excluding hydrogens is 442 g/mol. The minimum atomic E-state index is -1.26. The highest BCUT2D eigenvalue weighted by Gasteiger charge is 2.13. The first-order valence-electron chi connectivity index (χ1n) is 12.2. The van der Waals surface area contributed by atoms with Crippen molar-refractivity contribution in [2.24, 2.45) is 4.99 Å². The van der Waals surface area contributed by atoms with Crippen molar-refractivity contribution in [1.29, 1.82) is 0 Å². The first-order valence-corrected chi connectivity index (χ1v) is 12.2. The van der Waals surface area contributed by atoms with Crippen molar-refractivity contribution in [2.75, 3.05) is 13.2 Å². The van der Waals surface area contributed by atoms with Crippen LogP contribution in [0.15, 0.2) is 29.3 Å². The number of ether oxygens (including phenoxy) is 2. The summed E-state index contributed by atoms with van der Waals surface area (Å²) in [6.07, 6.45) is 18.8. The third-order valence-corrected chi connectivity index (χ3v) is 4.84. The van der Waals surface area contributed by atoms with E-state index in [0.717, 1.165) is 51.4 Å². The topological polar surface area (TPSA) is 143 Å². The van der Waals surface area contributed by atoms with Gasteiger partial charge < -0.3 is 24.8 Å². The fourth-order valence-corrected chi connectivity index (χ4v) is 3.03. The fourth-order valence-electron chi connectivity index (χ4n) is 3.03. The van der Waals surface area contributed by atoms with E-state index in [1.165, 1.54) is 25.7 Å². The van der Waals surface area contributed by atoms with E-state index >= 15 is 0 Å². The Labute approximate surface area is 202 Å². The van der Waals surface area contributed by atoms with Crippen LogP contribution in [-0.4, -0.2) is 58.6 Å². The Kier molecular flexibility index (Phi) is 20.4. The van der Waals surface area contributed by atoms with E-state index in [9.17, 15) is 19.5 Å². The molecule has 9 nitrogen and oxygen atoms in total. The minimum absolute atomic E-state index is 0.132. The molecule has 1 unspecified atom stereocenters. The molecule has 0 saturated carbocycles. The molecule has 34 heavy (non-hydrogen) atoms. The summed E-state index contributed by atoms with van der Waals surface area (Å²) in [4.78, 5) is 34.6. The minimum Gasteiger partial charge on any atom is -0.478 e. The van der Waals surface area contributed by atoms with Gasteiger partial charge in [-0.15, -0.1) is 0 Å². The number of esters is 1. The van der Waals surface area contributed by atoms with Crippen LogP contribution in [0.3, 0.4) is 0 Å². The average molecular weight is 484 g/mol. The lowest BCUT2D eigenvalue weighted by Gasteiger charge is -2.07. The smallest absolute Gasteiger partial charge is 0.391 e. The van der Waals surface area contributed by atoms with Crippen LogP contribution < -0.4 is 0 Å². The van der Waals surface area contributed by atoms with Gasteiger partial charge in [0, 0.05) is 18.6 Å². The molecule has 194 valence electrons. The van der Waals surface area contributed by atoms with Gasteiger partial charge in [-0.1, -0.05) is 64.0 Å². The zero-order valence-corrected chi connectivity index (χ0v) is 20.3. The van der Waals surface area contributed by atoms with Gasteiger partial charge in [-0.3, -0.25) is 4.79 Å². The number of aliphatic imine (C=N–C) groups is 1. The van der Waals surface area contributed by atoms with Gasteiger partial charge in [-0.05, 0) is 32.1 Å². The number of hydrogen-bond donors (Lipinski definition) is 3. The highest BCUT2D eigenvalue weighted by atomic mass is 16.7. The van der Waals surface area contributed by atoms with Crippen LogP contribution >= 0.6 is 0 Å². The zero-order valence-electron chi connectivity index (χ0n) is 20.3. The van der Waals surface area contributed by atoms with Gasteiger partial charge in [-0.25, -0.2) is 14.6 Å². The maximum atomic E-state index is 11.5. The molecule has 1 rings (SSSR count). The summed E-state index contributed by atoms with van der Waals surface area (Å²) in [5.41, 5.74) is 0. The summed E-state index contributed by atoms with van der Waals surface area (Å²) in [5.74, 6) is -2.76. The molecule has 0 radical (unpaired) electrons. The number of carboxylic acids is 2. The van der Waals surface area contributed by atoms with Crippen molar-refractivity contribution >= 4 is 24.0 Å². The van der Waals surface area contributed by atoms with Gasteiger partial charge in [0.1, 0.15) is 6.61 Å². The molecule has 0 saturated heterocycles. The van der Waals surface area contributed by atoms with Crippen LogP contribution in [0, 0.1) is 0 Å². The molecule has 0 aromatic rings. The molecule has 9 heteroatoms. The summed E-state index contributed by atoms with van der Waals surface area (Å²) < 4.78 is 10.0. The molecule has 1 heterocycles. The van der Waals surface area contributed by atoms with Crippen molar-refractivity contribution < 1.29 is 39.2 Å². The average Bonchev–Trinajstić information content (AvgIpc) is 3.30. The maximum absolute atomic E-state index is 11.5. The Balaban J connectivity index is 0.00000116. The number of aliphatic hydroxyl groups excluding tert-OH is 1. The van der Waals surface area contributed by atoms with E-state index in [-0.39, 0.29) is 18.2 Å². The molecule has 3 N–H and O–H groups in total. The summed E-state index contributed by atoms with van der Waals surface area (Å²) in [5, 5.41) is 25.5. The second kappa shape index (κ2) is 22.1. The molecule has 0 aliphatic carbocycles. The first-order chi connectivity index (χ1) is 16.3. The molecule has 0 amide bonds. The van der Waals surface area contributed by atoms with Gasteiger partial charge in [0.15, 0.2) is 0 Å². The predicted octanol–water partition coefficient (Wildman–Crippen LogP) is 4.64. The van der Waals surface area contributed by atoms with Gasteiger partial charge >= 0.3 is 24.0 Å². The van der Waals surface area contributed by atoms with Crippen molar-refractivity contribution in [3.63, 3.8) is 0 Å². The number of rotatable bonds is 17. The lowest BCUT2D eigenvalue weighted by atomic mass is 10.1. The van der Waals surface area contributed by atoms with E-state index in [1.54, 1.807) is 0 Å². The lowest BCUT2D eigenvalue weighted by Crippen LogP contribution is -2.12. The van der Waals surface area contributed by atoms with Gasteiger partial charge in [0.2, 0.25) is 0 Å². The van der Waals surface area contributed by atoms with Crippen LogP contribution in [0.2, 0.25) is 0 Å². The van der Waals surface area contributed by atoms with Crippen LogP contribution in [0.4, 0.5) is 0 Å². The standard InChI is InChI=1S/C21H37NO4.C4H4O4/c1-2-3-4-11-14-19(23)15-12-9-7-5-6-8-10-13-16-20(24)26-21-22-17-18-25-21;5-3(6)1-2-4(7)8/h9,12,19,23H,2-8,10-11,13-18H2,1H3;1-2H,(H,5,6)(H,7,8)/b12-9-;2-1-. The van der Waals surface area contributed by atoms with Gasteiger partial charge in [0.25, 0.3) is 0 Å². The largest absolute Gasteiger partial charge is 0.478 e. The van der Waals surface area contributed by atoms with Crippen LogP contribution in [-0.2, 0) is 23.9 Å². The lowest BCUT2D eigenvalue weighted by molar-refractivity contribution is -0.137. The van der Waals surface area contributed by atoms with Crippen LogP contribution in [0.5, 0.6) is 0 Å². The number of allylic oxidation sites excluding steroid dienone is 1. The van der Waals surface area contributed by atoms with E-state index in [0.29, 0.717) is 31.7 Å². The highest BCUT2D eigenvalue weighted by Crippen LogP contribution is 2.11. The quantitative estimate of drug-likeness (QED) is 0.118. The number of carbonyl (C=O) groups excluding carboxylic acids is 1. The van der Waals surface area contributed by atoms with Crippen LogP contribution in [0.1, 0.15) is 90.4 Å². The second-order valence-corrected chi connectivity index (χ2v) is 8.00. The summed E-state index contributed by atoms with van der Waals surface area (Å²) in [7, 11) is 0. The maximum Gasteiger partial charge on any atom is 0.391 e. The summed E-state index contributed by atoms with van der Waals surface area (Å²) in [6, 6.07) is 0. The Morgan fingerprint density at radius 3 is 2.24 bits per heavy atom. The normalized spacial score (nSPS) is 13.8. The van der Waals surface area contributed by atoms with Gasteiger partial charge in [-0.2, -0.15) is 0 Å². The Hall–Kier alpha value is -2.68. The highest BCUT2D eigenvalue weighted by molar-refractivity contribution is 5.89. The number of carboxylic acid groups (broad SMARTS) is 2.